The van der Waals surface area contributed by atoms with E-state index in [-0.39, 0.29) is 18.2 Å². The molecular formula is C16H19F3N2O2. The summed E-state index contributed by atoms with van der Waals surface area (Å²) in [6, 6.07) is 3.34. The van der Waals surface area contributed by atoms with Gasteiger partial charge >= 0.3 is 6.18 Å². The predicted octanol–water partition coefficient (Wildman–Crippen LogP) is 3.44. The molecule has 1 N–H and O–H groups in total. The van der Waals surface area contributed by atoms with Crippen molar-refractivity contribution in [1.29, 1.82) is 0 Å². The van der Waals surface area contributed by atoms with Crippen molar-refractivity contribution in [3.8, 4) is 0 Å². The summed E-state index contributed by atoms with van der Waals surface area (Å²) < 4.78 is 43.8. The van der Waals surface area contributed by atoms with Gasteiger partial charge in [-0.25, -0.2) is 4.98 Å². The van der Waals surface area contributed by atoms with Crippen LogP contribution in [0.5, 0.6) is 0 Å². The highest BCUT2D eigenvalue weighted by Gasteiger charge is 2.32. The van der Waals surface area contributed by atoms with Crippen LogP contribution in [0.25, 0.3) is 11.1 Å². The van der Waals surface area contributed by atoms with Gasteiger partial charge in [0.05, 0.1) is 18.7 Å². The van der Waals surface area contributed by atoms with E-state index in [9.17, 15) is 18.3 Å². The summed E-state index contributed by atoms with van der Waals surface area (Å²) in [4.78, 5) is 6.27. The van der Waals surface area contributed by atoms with Gasteiger partial charge in [-0.2, -0.15) is 13.2 Å². The van der Waals surface area contributed by atoms with Crippen molar-refractivity contribution in [2.45, 2.75) is 38.5 Å². The number of piperidine rings is 1. The van der Waals surface area contributed by atoms with Gasteiger partial charge < -0.3 is 9.52 Å². The second-order valence-electron chi connectivity index (χ2n) is 6.13. The van der Waals surface area contributed by atoms with Gasteiger partial charge in [0.25, 0.3) is 0 Å². The third kappa shape index (κ3) is 3.35. The third-order valence-electron chi connectivity index (χ3n) is 4.52. The highest BCUT2D eigenvalue weighted by atomic mass is 19.4. The number of fused-ring (bicyclic) bond motifs is 1. The summed E-state index contributed by atoms with van der Waals surface area (Å²) in [7, 11) is 0. The van der Waals surface area contributed by atoms with Gasteiger partial charge in [-0.1, -0.05) is 6.92 Å². The Labute approximate surface area is 131 Å². The maximum atomic E-state index is 12.7. The van der Waals surface area contributed by atoms with Crippen LogP contribution in [0.2, 0.25) is 0 Å². The molecule has 1 fully saturated rings. The van der Waals surface area contributed by atoms with Crippen molar-refractivity contribution >= 4 is 11.1 Å². The van der Waals surface area contributed by atoms with Crippen molar-refractivity contribution in [2.24, 2.45) is 5.92 Å². The Bertz CT molecular complexity index is 684. The molecule has 0 saturated carbocycles. The largest absolute Gasteiger partial charge is 0.439 e. The Morgan fingerprint density at radius 1 is 1.39 bits per heavy atom. The molecule has 0 aliphatic carbocycles. The molecule has 3 rings (SSSR count). The standard InChI is InChI=1S/C16H19F3N2O2/c1-10-3-2-6-21(13(10)9-22)8-15-20-12-7-11(16(17,18)19)4-5-14(12)23-15/h4-5,7,10,13,22H,2-3,6,8-9H2,1H3. The van der Waals surface area contributed by atoms with Crippen LogP contribution < -0.4 is 0 Å². The molecule has 2 unspecified atom stereocenters. The molecule has 2 aromatic rings. The van der Waals surface area contributed by atoms with Crippen molar-refractivity contribution in [3.63, 3.8) is 0 Å². The average Bonchev–Trinajstić information content (AvgIpc) is 2.88. The smallest absolute Gasteiger partial charge is 0.416 e. The fourth-order valence-electron chi connectivity index (χ4n) is 3.22. The van der Waals surface area contributed by atoms with Gasteiger partial charge in [-0.05, 0) is 43.5 Å². The number of hydrogen-bond acceptors (Lipinski definition) is 4. The number of nitrogens with zero attached hydrogens (tertiary/aromatic N) is 2. The summed E-state index contributed by atoms with van der Waals surface area (Å²) in [5.74, 6) is 0.752. The van der Waals surface area contributed by atoms with Crippen LogP contribution >= 0.6 is 0 Å². The van der Waals surface area contributed by atoms with Crippen LogP contribution in [-0.2, 0) is 12.7 Å². The first-order valence-corrected chi connectivity index (χ1v) is 7.70. The summed E-state index contributed by atoms with van der Waals surface area (Å²) in [6.45, 7) is 3.36. The van der Waals surface area contributed by atoms with Crippen LogP contribution in [0.1, 0.15) is 31.2 Å². The monoisotopic (exact) mass is 328 g/mol. The van der Waals surface area contributed by atoms with E-state index in [1.807, 2.05) is 0 Å². The minimum atomic E-state index is -4.39. The molecule has 0 bridgehead atoms. The van der Waals surface area contributed by atoms with Crippen LogP contribution in [0.3, 0.4) is 0 Å². The normalized spacial score (nSPS) is 23.5. The molecule has 1 saturated heterocycles. The Hall–Kier alpha value is -1.60. The summed E-state index contributed by atoms with van der Waals surface area (Å²) in [5.41, 5.74) is -0.177. The minimum absolute atomic E-state index is 0.0319. The van der Waals surface area contributed by atoms with Crippen LogP contribution in [0.4, 0.5) is 13.2 Å². The van der Waals surface area contributed by atoms with Gasteiger partial charge in [0.1, 0.15) is 5.52 Å². The average molecular weight is 328 g/mol. The Morgan fingerprint density at radius 3 is 2.87 bits per heavy atom. The maximum absolute atomic E-state index is 12.7. The molecule has 1 aliphatic heterocycles. The molecular weight excluding hydrogens is 309 g/mol. The lowest BCUT2D eigenvalue weighted by Crippen LogP contribution is -2.46. The van der Waals surface area contributed by atoms with Crippen LogP contribution in [0, 0.1) is 5.92 Å². The second kappa shape index (κ2) is 6.13. The summed E-state index contributed by atoms with van der Waals surface area (Å²) >= 11 is 0. The van der Waals surface area contributed by atoms with E-state index in [1.165, 1.54) is 6.07 Å². The number of likely N-dealkylation sites (tertiary alicyclic amines) is 1. The highest BCUT2D eigenvalue weighted by Crippen LogP contribution is 2.32. The van der Waals surface area contributed by atoms with Crippen LogP contribution in [-0.4, -0.2) is 34.2 Å². The van der Waals surface area contributed by atoms with Gasteiger partial charge in [-0.3, -0.25) is 4.90 Å². The number of hydrogen-bond donors (Lipinski definition) is 1. The SMILES string of the molecule is CC1CCCN(Cc2nc3cc(C(F)(F)F)ccc3o2)C1CO. The number of rotatable bonds is 3. The molecule has 0 radical (unpaired) electrons. The lowest BCUT2D eigenvalue weighted by molar-refractivity contribution is -0.137. The number of aliphatic hydroxyl groups is 1. The van der Waals surface area contributed by atoms with Gasteiger partial charge in [0.2, 0.25) is 5.89 Å². The molecule has 1 aromatic heterocycles. The summed E-state index contributed by atoms with van der Waals surface area (Å²) in [5, 5.41) is 9.56. The highest BCUT2D eigenvalue weighted by molar-refractivity contribution is 5.73. The van der Waals surface area contributed by atoms with Gasteiger partial charge in [-0.15, -0.1) is 0 Å². The first kappa shape index (κ1) is 16.3. The first-order chi connectivity index (χ1) is 10.9. The molecule has 23 heavy (non-hydrogen) atoms. The third-order valence-corrected chi connectivity index (χ3v) is 4.52. The van der Waals surface area contributed by atoms with E-state index in [0.29, 0.717) is 23.9 Å². The topological polar surface area (TPSA) is 49.5 Å². The zero-order valence-corrected chi connectivity index (χ0v) is 12.8. The Kier molecular flexibility index (Phi) is 4.33. The molecule has 7 heteroatoms. The second-order valence-corrected chi connectivity index (χ2v) is 6.13. The van der Waals surface area contributed by atoms with Gasteiger partial charge in [0.15, 0.2) is 5.58 Å². The quantitative estimate of drug-likeness (QED) is 0.938. The van der Waals surface area contributed by atoms with E-state index < -0.39 is 11.7 Å². The Balaban J connectivity index is 1.83. The van der Waals surface area contributed by atoms with Crippen molar-refractivity contribution in [1.82, 2.24) is 9.88 Å². The number of oxazole rings is 1. The molecule has 126 valence electrons. The van der Waals surface area contributed by atoms with E-state index in [0.717, 1.165) is 31.5 Å². The Morgan fingerprint density at radius 2 is 2.17 bits per heavy atom. The number of alkyl halides is 3. The molecule has 2 atom stereocenters. The molecule has 4 nitrogen and oxygen atoms in total. The van der Waals surface area contributed by atoms with E-state index in [4.69, 9.17) is 4.42 Å². The zero-order chi connectivity index (χ0) is 16.6. The maximum Gasteiger partial charge on any atom is 0.416 e. The van der Waals surface area contributed by atoms with Gasteiger partial charge in [0, 0.05) is 6.04 Å². The fraction of sp³-hybridized carbons (Fsp3) is 0.562. The molecule has 1 aliphatic rings. The predicted molar refractivity (Wildman–Crippen MR) is 78.7 cm³/mol. The van der Waals surface area contributed by atoms with E-state index in [1.54, 1.807) is 0 Å². The molecule has 0 amide bonds. The minimum Gasteiger partial charge on any atom is -0.439 e. The molecule has 2 heterocycles. The number of aliphatic hydroxyl groups excluding tert-OH is 1. The summed E-state index contributed by atoms with van der Waals surface area (Å²) in [6.07, 6.45) is -2.31. The molecule has 0 spiro atoms. The zero-order valence-electron chi connectivity index (χ0n) is 12.8. The van der Waals surface area contributed by atoms with E-state index in [2.05, 4.69) is 16.8 Å². The van der Waals surface area contributed by atoms with Crippen LogP contribution in [0.15, 0.2) is 22.6 Å². The molecule has 1 aromatic carbocycles. The number of aromatic nitrogens is 1. The first-order valence-electron chi connectivity index (χ1n) is 7.70. The van der Waals surface area contributed by atoms with Crippen molar-refractivity contribution in [3.05, 3.63) is 29.7 Å². The van der Waals surface area contributed by atoms with Crippen molar-refractivity contribution in [2.75, 3.05) is 13.2 Å². The van der Waals surface area contributed by atoms with E-state index >= 15 is 0 Å². The lowest BCUT2D eigenvalue weighted by atomic mass is 9.91. The fourth-order valence-corrected chi connectivity index (χ4v) is 3.22. The lowest BCUT2D eigenvalue weighted by Gasteiger charge is -2.38. The number of benzene rings is 1. The number of halogens is 3. The van der Waals surface area contributed by atoms with Crippen molar-refractivity contribution < 1.29 is 22.7 Å².